The Bertz CT molecular complexity index is 473. The summed E-state index contributed by atoms with van der Waals surface area (Å²) in [6, 6.07) is 9.78. The Morgan fingerprint density at radius 2 is 2.00 bits per heavy atom. The van der Waals surface area contributed by atoms with Crippen LogP contribution < -0.4 is 4.74 Å². The van der Waals surface area contributed by atoms with E-state index in [0.717, 1.165) is 0 Å². The van der Waals surface area contributed by atoms with E-state index in [1.165, 1.54) is 12.3 Å². The zero-order valence-corrected chi connectivity index (χ0v) is 9.12. The fraction of sp³-hybridized carbons (Fsp3) is 0.0833. The lowest BCUT2D eigenvalue weighted by molar-refractivity contribution is 0.288. The molecule has 82 valence electrons. The maximum absolute atomic E-state index is 13.2. The molecular formula is C12H9ClFNO. The first-order valence-corrected chi connectivity index (χ1v) is 5.11. The number of hydrogen-bond donors (Lipinski definition) is 0. The Kier molecular flexibility index (Phi) is 3.37. The highest BCUT2D eigenvalue weighted by Gasteiger charge is 2.02. The van der Waals surface area contributed by atoms with Crippen molar-refractivity contribution in [2.24, 2.45) is 0 Å². The fourth-order valence-corrected chi connectivity index (χ4v) is 1.33. The van der Waals surface area contributed by atoms with Crippen LogP contribution in [0.3, 0.4) is 0 Å². The van der Waals surface area contributed by atoms with Gasteiger partial charge in [0, 0.05) is 17.8 Å². The Labute approximate surface area is 97.7 Å². The van der Waals surface area contributed by atoms with Crippen molar-refractivity contribution >= 4 is 11.6 Å². The lowest BCUT2D eigenvalue weighted by Crippen LogP contribution is -1.99. The summed E-state index contributed by atoms with van der Waals surface area (Å²) in [7, 11) is 0. The van der Waals surface area contributed by atoms with Crippen molar-refractivity contribution in [3.05, 3.63) is 59.0 Å². The number of rotatable bonds is 3. The highest BCUT2D eigenvalue weighted by molar-refractivity contribution is 6.30. The van der Waals surface area contributed by atoms with E-state index in [9.17, 15) is 4.39 Å². The summed E-state index contributed by atoms with van der Waals surface area (Å²) in [6.45, 7) is 0.154. The van der Waals surface area contributed by atoms with Crippen molar-refractivity contribution in [1.82, 2.24) is 4.98 Å². The summed E-state index contributed by atoms with van der Waals surface area (Å²) < 4.78 is 18.6. The van der Waals surface area contributed by atoms with Gasteiger partial charge in [0.2, 0.25) is 5.88 Å². The number of aromatic nitrogens is 1. The van der Waals surface area contributed by atoms with Crippen LogP contribution in [0.1, 0.15) is 5.56 Å². The minimum atomic E-state index is -0.281. The second-order valence-electron chi connectivity index (χ2n) is 3.19. The second-order valence-corrected chi connectivity index (χ2v) is 3.63. The molecule has 0 saturated carbocycles. The number of hydrogen-bond acceptors (Lipinski definition) is 2. The lowest BCUT2D eigenvalue weighted by Gasteiger charge is -2.05. The fourth-order valence-electron chi connectivity index (χ4n) is 1.21. The van der Waals surface area contributed by atoms with E-state index in [0.29, 0.717) is 16.5 Å². The van der Waals surface area contributed by atoms with Gasteiger partial charge < -0.3 is 4.74 Å². The van der Waals surface area contributed by atoms with E-state index in [4.69, 9.17) is 16.3 Å². The number of ether oxygens (including phenoxy) is 1. The Hall–Kier alpha value is -1.61. The Balaban J connectivity index is 2.02. The molecule has 1 heterocycles. The van der Waals surface area contributed by atoms with Crippen LogP contribution in [0, 0.1) is 5.82 Å². The topological polar surface area (TPSA) is 22.1 Å². The van der Waals surface area contributed by atoms with Crippen LogP contribution in [0.15, 0.2) is 42.6 Å². The van der Waals surface area contributed by atoms with Gasteiger partial charge in [0.15, 0.2) is 0 Å². The van der Waals surface area contributed by atoms with E-state index >= 15 is 0 Å². The molecule has 2 nitrogen and oxygen atoms in total. The molecule has 2 aromatic rings. The monoisotopic (exact) mass is 237 g/mol. The van der Waals surface area contributed by atoms with Gasteiger partial charge in [-0.1, -0.05) is 29.8 Å². The zero-order valence-electron chi connectivity index (χ0n) is 8.36. The highest BCUT2D eigenvalue weighted by atomic mass is 35.5. The van der Waals surface area contributed by atoms with E-state index in [1.54, 1.807) is 30.3 Å². The molecule has 4 heteroatoms. The van der Waals surface area contributed by atoms with Crippen molar-refractivity contribution in [3.8, 4) is 5.88 Å². The quantitative estimate of drug-likeness (QED) is 0.816. The number of benzene rings is 1. The predicted molar refractivity (Wildman–Crippen MR) is 60.0 cm³/mol. The lowest BCUT2D eigenvalue weighted by atomic mass is 10.2. The van der Waals surface area contributed by atoms with Crippen molar-refractivity contribution in [2.75, 3.05) is 0 Å². The summed E-state index contributed by atoms with van der Waals surface area (Å²) in [5.41, 5.74) is 0.499. The summed E-state index contributed by atoms with van der Waals surface area (Å²) in [6.07, 6.45) is 1.48. The van der Waals surface area contributed by atoms with Crippen molar-refractivity contribution in [3.63, 3.8) is 0 Å². The minimum absolute atomic E-state index is 0.154. The standard InChI is InChI=1S/C12H9ClFNO/c13-10-5-6-12(15-7-10)16-8-9-3-1-2-4-11(9)14/h1-7H,8H2. The molecule has 0 fully saturated rings. The van der Waals surface area contributed by atoms with E-state index in [-0.39, 0.29) is 12.4 Å². The van der Waals surface area contributed by atoms with Crippen LogP contribution in [0.4, 0.5) is 4.39 Å². The molecule has 0 atom stereocenters. The molecule has 1 aromatic carbocycles. The molecule has 0 aliphatic heterocycles. The van der Waals surface area contributed by atoms with Gasteiger partial charge in [-0.05, 0) is 12.1 Å². The van der Waals surface area contributed by atoms with Crippen molar-refractivity contribution < 1.29 is 9.13 Å². The number of pyridine rings is 1. The van der Waals surface area contributed by atoms with Crippen LogP contribution >= 0.6 is 11.6 Å². The van der Waals surface area contributed by atoms with E-state index in [1.807, 2.05) is 0 Å². The minimum Gasteiger partial charge on any atom is -0.473 e. The van der Waals surface area contributed by atoms with Gasteiger partial charge in [-0.2, -0.15) is 0 Å². The molecule has 16 heavy (non-hydrogen) atoms. The molecule has 1 aromatic heterocycles. The molecule has 0 aliphatic rings. The average molecular weight is 238 g/mol. The molecular weight excluding hydrogens is 229 g/mol. The molecule has 0 unspecified atom stereocenters. The molecule has 0 saturated heterocycles. The maximum Gasteiger partial charge on any atom is 0.213 e. The second kappa shape index (κ2) is 4.94. The molecule has 0 aliphatic carbocycles. The SMILES string of the molecule is Fc1ccccc1COc1ccc(Cl)cn1. The largest absolute Gasteiger partial charge is 0.473 e. The first-order valence-electron chi connectivity index (χ1n) is 4.73. The predicted octanol–water partition coefficient (Wildman–Crippen LogP) is 3.45. The highest BCUT2D eigenvalue weighted by Crippen LogP contribution is 2.14. The van der Waals surface area contributed by atoms with Gasteiger partial charge in [0.25, 0.3) is 0 Å². The third kappa shape index (κ3) is 2.70. The first-order chi connectivity index (χ1) is 7.75. The van der Waals surface area contributed by atoms with Crippen LogP contribution in [-0.4, -0.2) is 4.98 Å². The van der Waals surface area contributed by atoms with Crippen molar-refractivity contribution in [2.45, 2.75) is 6.61 Å². The van der Waals surface area contributed by atoms with Crippen LogP contribution in [-0.2, 0) is 6.61 Å². The van der Waals surface area contributed by atoms with Gasteiger partial charge >= 0.3 is 0 Å². The van der Waals surface area contributed by atoms with Gasteiger partial charge in [0.1, 0.15) is 12.4 Å². The molecule has 0 N–H and O–H groups in total. The first kappa shape index (κ1) is 10.9. The average Bonchev–Trinajstić information content (AvgIpc) is 2.30. The third-order valence-electron chi connectivity index (χ3n) is 2.03. The van der Waals surface area contributed by atoms with Crippen LogP contribution in [0.25, 0.3) is 0 Å². The number of halogens is 2. The Morgan fingerprint density at radius 1 is 1.19 bits per heavy atom. The molecule has 2 rings (SSSR count). The van der Waals surface area contributed by atoms with E-state index < -0.39 is 0 Å². The van der Waals surface area contributed by atoms with Gasteiger partial charge in [-0.15, -0.1) is 0 Å². The Morgan fingerprint density at radius 3 is 2.69 bits per heavy atom. The summed E-state index contributed by atoms with van der Waals surface area (Å²) in [5, 5.41) is 0.540. The van der Waals surface area contributed by atoms with Crippen LogP contribution in [0.2, 0.25) is 5.02 Å². The zero-order chi connectivity index (χ0) is 11.4. The van der Waals surface area contributed by atoms with E-state index in [2.05, 4.69) is 4.98 Å². The van der Waals surface area contributed by atoms with Gasteiger partial charge in [-0.3, -0.25) is 0 Å². The summed E-state index contributed by atoms with van der Waals surface area (Å²) in [5.74, 6) is 0.143. The molecule has 0 radical (unpaired) electrons. The third-order valence-corrected chi connectivity index (χ3v) is 2.26. The molecule has 0 spiro atoms. The maximum atomic E-state index is 13.2. The number of nitrogens with zero attached hydrogens (tertiary/aromatic N) is 1. The smallest absolute Gasteiger partial charge is 0.213 e. The molecule has 0 bridgehead atoms. The molecule has 0 amide bonds. The van der Waals surface area contributed by atoms with Crippen LogP contribution in [0.5, 0.6) is 5.88 Å². The summed E-state index contributed by atoms with van der Waals surface area (Å²) >= 11 is 5.68. The van der Waals surface area contributed by atoms with Crippen molar-refractivity contribution in [1.29, 1.82) is 0 Å². The van der Waals surface area contributed by atoms with Gasteiger partial charge in [-0.25, -0.2) is 9.37 Å². The van der Waals surface area contributed by atoms with Gasteiger partial charge in [0.05, 0.1) is 5.02 Å². The normalized spacial score (nSPS) is 10.1. The summed E-state index contributed by atoms with van der Waals surface area (Å²) in [4.78, 5) is 3.95.